The minimum absolute atomic E-state index is 0.437. The van der Waals surface area contributed by atoms with Crippen LogP contribution in [0.3, 0.4) is 0 Å². The molecule has 0 spiro atoms. The van der Waals surface area contributed by atoms with E-state index >= 15 is 0 Å². The van der Waals surface area contributed by atoms with Crippen molar-refractivity contribution in [3.05, 3.63) is 33.5 Å². The van der Waals surface area contributed by atoms with E-state index in [1.54, 1.807) is 13.2 Å². The molecule has 0 amide bonds. The van der Waals surface area contributed by atoms with E-state index in [0.717, 1.165) is 23.0 Å². The van der Waals surface area contributed by atoms with Gasteiger partial charge in [0.15, 0.2) is 5.82 Å². The number of rotatable bonds is 3. The Bertz CT molecular complexity index is 659. The smallest absolute Gasteiger partial charge is 0.213 e. The fraction of sp³-hybridized carbons (Fsp3) is 0.400. The minimum Gasteiger partial charge on any atom is -0.481 e. The van der Waals surface area contributed by atoms with Crippen LogP contribution in [0.15, 0.2) is 22.7 Å². The molecule has 110 valence electrons. The van der Waals surface area contributed by atoms with E-state index in [2.05, 4.69) is 25.9 Å². The van der Waals surface area contributed by atoms with Gasteiger partial charge >= 0.3 is 0 Å². The summed E-state index contributed by atoms with van der Waals surface area (Å²) in [5, 5.41) is 0.437. The number of pyridine rings is 1. The van der Waals surface area contributed by atoms with Crippen molar-refractivity contribution in [2.45, 2.75) is 31.6 Å². The van der Waals surface area contributed by atoms with Crippen LogP contribution in [0.25, 0.3) is 11.5 Å². The van der Waals surface area contributed by atoms with Crippen LogP contribution in [0.1, 0.15) is 37.3 Å². The van der Waals surface area contributed by atoms with E-state index in [-0.39, 0.29) is 0 Å². The van der Waals surface area contributed by atoms with Gasteiger partial charge in [-0.3, -0.25) is 0 Å². The van der Waals surface area contributed by atoms with Gasteiger partial charge in [0.2, 0.25) is 5.88 Å². The Morgan fingerprint density at radius 1 is 1.19 bits per heavy atom. The van der Waals surface area contributed by atoms with E-state index in [9.17, 15) is 0 Å². The number of aromatic nitrogens is 3. The zero-order chi connectivity index (χ0) is 14.8. The second-order valence-electron chi connectivity index (χ2n) is 5.08. The Kier molecular flexibility index (Phi) is 4.40. The molecule has 21 heavy (non-hydrogen) atoms. The zero-order valence-corrected chi connectivity index (χ0v) is 14.0. The maximum atomic E-state index is 6.26. The van der Waals surface area contributed by atoms with Crippen LogP contribution in [0.4, 0.5) is 0 Å². The molecule has 0 aliphatic heterocycles. The first-order valence-corrected chi connectivity index (χ1v) is 8.10. The highest BCUT2D eigenvalue weighted by Gasteiger charge is 2.24. The maximum absolute atomic E-state index is 6.26. The van der Waals surface area contributed by atoms with E-state index in [0.29, 0.717) is 28.5 Å². The lowest BCUT2D eigenvalue weighted by atomic mass is 10.0. The van der Waals surface area contributed by atoms with Crippen molar-refractivity contribution >= 4 is 27.5 Å². The van der Waals surface area contributed by atoms with Crippen molar-refractivity contribution < 1.29 is 4.74 Å². The minimum atomic E-state index is 0.437. The van der Waals surface area contributed by atoms with Gasteiger partial charge in [-0.1, -0.05) is 30.5 Å². The van der Waals surface area contributed by atoms with Gasteiger partial charge < -0.3 is 4.74 Å². The Labute approximate surface area is 137 Å². The number of ether oxygens (including phenoxy) is 1. The molecule has 0 aromatic carbocycles. The molecule has 1 saturated carbocycles. The van der Waals surface area contributed by atoms with E-state index in [1.807, 2.05) is 12.1 Å². The quantitative estimate of drug-likeness (QED) is 0.742. The first kappa shape index (κ1) is 14.7. The number of methoxy groups -OCH3 is 1. The van der Waals surface area contributed by atoms with Gasteiger partial charge in [0.25, 0.3) is 0 Å². The normalized spacial score (nSPS) is 15.4. The van der Waals surface area contributed by atoms with Crippen molar-refractivity contribution in [1.82, 2.24) is 15.0 Å². The Hall–Kier alpha value is -1.20. The number of nitrogens with zero attached hydrogens (tertiary/aromatic N) is 3. The highest BCUT2D eigenvalue weighted by molar-refractivity contribution is 9.10. The lowest BCUT2D eigenvalue weighted by Gasteiger charge is -2.13. The third kappa shape index (κ3) is 3.04. The predicted molar refractivity (Wildman–Crippen MR) is 85.7 cm³/mol. The molecule has 0 unspecified atom stereocenters. The summed E-state index contributed by atoms with van der Waals surface area (Å²) in [4.78, 5) is 13.4. The molecule has 0 atom stereocenters. The van der Waals surface area contributed by atoms with Crippen molar-refractivity contribution in [1.29, 1.82) is 0 Å². The highest BCUT2D eigenvalue weighted by Crippen LogP contribution is 2.39. The molecule has 2 aromatic heterocycles. The maximum Gasteiger partial charge on any atom is 0.213 e. The summed E-state index contributed by atoms with van der Waals surface area (Å²) in [6, 6.07) is 5.53. The van der Waals surface area contributed by atoms with Crippen LogP contribution in [-0.2, 0) is 0 Å². The third-order valence-electron chi connectivity index (χ3n) is 3.74. The predicted octanol–water partition coefficient (Wildman–Crippen LogP) is 4.62. The van der Waals surface area contributed by atoms with E-state index in [1.165, 1.54) is 12.8 Å². The van der Waals surface area contributed by atoms with Gasteiger partial charge in [-0.2, -0.15) is 0 Å². The molecule has 4 nitrogen and oxygen atoms in total. The highest BCUT2D eigenvalue weighted by atomic mass is 79.9. The lowest BCUT2D eigenvalue weighted by molar-refractivity contribution is 0.398. The molecule has 1 aliphatic carbocycles. The Morgan fingerprint density at radius 2 is 1.95 bits per heavy atom. The van der Waals surface area contributed by atoms with Gasteiger partial charge in [-0.15, -0.1) is 0 Å². The first-order chi connectivity index (χ1) is 10.2. The standard InChI is InChI=1S/C15H15BrClN3O/c1-21-11-8-4-7-10(18-11)15-19-13(9-5-2-3-6-9)12(16)14(17)20-15/h4,7-9H,2-3,5-6H2,1H3. The largest absolute Gasteiger partial charge is 0.481 e. The fourth-order valence-corrected chi connectivity index (χ4v) is 3.35. The van der Waals surface area contributed by atoms with E-state index < -0.39 is 0 Å². The number of hydrogen-bond donors (Lipinski definition) is 0. The molecule has 0 saturated heterocycles. The number of hydrogen-bond acceptors (Lipinski definition) is 4. The van der Waals surface area contributed by atoms with Crippen LogP contribution < -0.4 is 4.74 Å². The fourth-order valence-electron chi connectivity index (χ4n) is 2.67. The van der Waals surface area contributed by atoms with Gasteiger partial charge in [0, 0.05) is 12.0 Å². The van der Waals surface area contributed by atoms with Gasteiger partial charge in [0.05, 0.1) is 17.3 Å². The molecule has 0 N–H and O–H groups in total. The summed E-state index contributed by atoms with van der Waals surface area (Å²) < 4.78 is 5.96. The molecule has 2 heterocycles. The van der Waals surface area contributed by atoms with Crippen molar-refractivity contribution in [3.8, 4) is 17.4 Å². The average Bonchev–Trinajstić information content (AvgIpc) is 3.04. The van der Waals surface area contributed by atoms with Crippen LogP contribution in [0.2, 0.25) is 5.15 Å². The lowest BCUT2D eigenvalue weighted by Crippen LogP contribution is -2.03. The van der Waals surface area contributed by atoms with Crippen LogP contribution in [0, 0.1) is 0 Å². The topological polar surface area (TPSA) is 47.9 Å². The molecular weight excluding hydrogens is 354 g/mol. The summed E-state index contributed by atoms with van der Waals surface area (Å²) in [6.45, 7) is 0. The van der Waals surface area contributed by atoms with Crippen molar-refractivity contribution in [3.63, 3.8) is 0 Å². The summed E-state index contributed by atoms with van der Waals surface area (Å²) in [5.41, 5.74) is 1.66. The van der Waals surface area contributed by atoms with Gasteiger partial charge in [-0.25, -0.2) is 15.0 Å². The van der Waals surface area contributed by atoms with Crippen LogP contribution in [-0.4, -0.2) is 22.1 Å². The second-order valence-corrected chi connectivity index (χ2v) is 6.23. The SMILES string of the molecule is COc1cccc(-c2nc(Cl)c(Br)c(C3CCCC3)n2)n1. The summed E-state index contributed by atoms with van der Waals surface area (Å²) in [7, 11) is 1.59. The molecule has 1 aliphatic rings. The molecule has 0 radical (unpaired) electrons. The van der Waals surface area contributed by atoms with Gasteiger partial charge in [-0.05, 0) is 34.8 Å². The van der Waals surface area contributed by atoms with Crippen molar-refractivity contribution in [2.75, 3.05) is 7.11 Å². The second kappa shape index (κ2) is 6.28. The third-order valence-corrected chi connectivity index (χ3v) is 5.02. The molecule has 0 bridgehead atoms. The van der Waals surface area contributed by atoms with Crippen molar-refractivity contribution in [2.24, 2.45) is 0 Å². The molecule has 1 fully saturated rings. The Balaban J connectivity index is 2.06. The zero-order valence-electron chi connectivity index (χ0n) is 11.6. The Morgan fingerprint density at radius 3 is 2.67 bits per heavy atom. The molecule has 3 rings (SSSR count). The molecule has 6 heteroatoms. The molecular formula is C15H15BrClN3O. The average molecular weight is 369 g/mol. The van der Waals surface area contributed by atoms with Crippen LogP contribution >= 0.6 is 27.5 Å². The van der Waals surface area contributed by atoms with Gasteiger partial charge in [0.1, 0.15) is 10.8 Å². The summed E-state index contributed by atoms with van der Waals surface area (Å²) >= 11 is 9.79. The number of halogens is 2. The summed E-state index contributed by atoms with van der Waals surface area (Å²) in [5.74, 6) is 1.53. The monoisotopic (exact) mass is 367 g/mol. The molecule has 2 aromatic rings. The van der Waals surface area contributed by atoms with E-state index in [4.69, 9.17) is 21.3 Å². The van der Waals surface area contributed by atoms with Crippen LogP contribution in [0.5, 0.6) is 5.88 Å². The first-order valence-electron chi connectivity index (χ1n) is 6.93. The summed E-state index contributed by atoms with van der Waals surface area (Å²) in [6.07, 6.45) is 4.78.